The van der Waals surface area contributed by atoms with Gasteiger partial charge < -0.3 is 9.80 Å². The normalized spacial score (nSPS) is 25.1. The number of piperazine rings is 1. The Labute approximate surface area is 159 Å². The average Bonchev–Trinajstić information content (AvgIpc) is 2.97. The van der Waals surface area contributed by atoms with E-state index in [4.69, 9.17) is 0 Å². The van der Waals surface area contributed by atoms with E-state index in [0.29, 0.717) is 25.9 Å². The molecule has 142 valence electrons. The van der Waals surface area contributed by atoms with Gasteiger partial charge in [-0.05, 0) is 25.0 Å². The fourth-order valence-electron chi connectivity index (χ4n) is 4.31. The predicted molar refractivity (Wildman–Crippen MR) is 102 cm³/mol. The lowest BCUT2D eigenvalue weighted by molar-refractivity contribution is -0.140. The van der Waals surface area contributed by atoms with Crippen molar-refractivity contribution in [2.75, 3.05) is 37.6 Å². The van der Waals surface area contributed by atoms with E-state index in [1.165, 1.54) is 10.6 Å². The SMILES string of the molecule is O=C(CCN1C(=O)[C@H]2CC=CC[C@@H]2C1=O)N1CCN(c2ccccc2)CC1. The molecule has 0 N–H and O–H groups in total. The van der Waals surface area contributed by atoms with E-state index in [9.17, 15) is 14.4 Å². The quantitative estimate of drug-likeness (QED) is 0.600. The van der Waals surface area contributed by atoms with Crippen LogP contribution >= 0.6 is 0 Å². The lowest BCUT2D eigenvalue weighted by Gasteiger charge is -2.36. The minimum Gasteiger partial charge on any atom is -0.368 e. The highest BCUT2D eigenvalue weighted by Crippen LogP contribution is 2.35. The third-order valence-corrected chi connectivity index (χ3v) is 5.90. The van der Waals surface area contributed by atoms with Gasteiger partial charge in [-0.15, -0.1) is 0 Å². The molecule has 0 aromatic heterocycles. The van der Waals surface area contributed by atoms with Gasteiger partial charge in [-0.3, -0.25) is 19.3 Å². The molecule has 27 heavy (non-hydrogen) atoms. The first kappa shape index (κ1) is 17.8. The number of likely N-dealkylation sites (tertiary alicyclic amines) is 1. The molecule has 0 bridgehead atoms. The van der Waals surface area contributed by atoms with Crippen LogP contribution in [0.4, 0.5) is 5.69 Å². The van der Waals surface area contributed by atoms with E-state index in [-0.39, 0.29) is 42.5 Å². The van der Waals surface area contributed by atoms with E-state index in [2.05, 4.69) is 17.0 Å². The predicted octanol–water partition coefficient (Wildman–Crippen LogP) is 1.68. The van der Waals surface area contributed by atoms with Crippen molar-refractivity contribution in [3.05, 3.63) is 42.5 Å². The van der Waals surface area contributed by atoms with Gasteiger partial charge in [0.25, 0.3) is 0 Å². The van der Waals surface area contributed by atoms with Crippen molar-refractivity contribution >= 4 is 23.4 Å². The largest absolute Gasteiger partial charge is 0.368 e. The topological polar surface area (TPSA) is 60.9 Å². The fraction of sp³-hybridized carbons (Fsp3) is 0.476. The summed E-state index contributed by atoms with van der Waals surface area (Å²) in [5, 5.41) is 0. The molecule has 2 fully saturated rings. The first-order valence-corrected chi connectivity index (χ1v) is 9.73. The highest BCUT2D eigenvalue weighted by molar-refractivity contribution is 6.05. The lowest BCUT2D eigenvalue weighted by Crippen LogP contribution is -2.49. The molecule has 1 aromatic carbocycles. The Bertz CT molecular complexity index is 727. The molecule has 2 aliphatic heterocycles. The third-order valence-electron chi connectivity index (χ3n) is 5.90. The standard InChI is InChI=1S/C21H25N3O3/c25-19(23-14-12-22(13-15-23)16-6-2-1-3-7-16)10-11-24-20(26)17-8-4-5-9-18(17)21(24)27/h1-7,17-18H,8-15H2/t17-,18-/m0/s1. The van der Waals surface area contributed by atoms with Crippen LogP contribution in [0.25, 0.3) is 0 Å². The number of imide groups is 1. The maximum Gasteiger partial charge on any atom is 0.233 e. The Morgan fingerprint density at radius 1 is 0.889 bits per heavy atom. The zero-order valence-electron chi connectivity index (χ0n) is 15.4. The minimum atomic E-state index is -0.216. The van der Waals surface area contributed by atoms with Crippen LogP contribution in [-0.2, 0) is 14.4 Å². The van der Waals surface area contributed by atoms with Crippen LogP contribution in [0, 0.1) is 11.8 Å². The summed E-state index contributed by atoms with van der Waals surface area (Å²) in [7, 11) is 0. The summed E-state index contributed by atoms with van der Waals surface area (Å²) in [6.07, 6.45) is 5.46. The van der Waals surface area contributed by atoms with Gasteiger partial charge in [-0.2, -0.15) is 0 Å². The van der Waals surface area contributed by atoms with Crippen LogP contribution in [0.2, 0.25) is 0 Å². The average molecular weight is 367 g/mol. The molecule has 6 heteroatoms. The molecule has 2 atom stereocenters. The summed E-state index contributed by atoms with van der Waals surface area (Å²) >= 11 is 0. The Morgan fingerprint density at radius 3 is 2.07 bits per heavy atom. The van der Waals surface area contributed by atoms with Crippen molar-refractivity contribution in [3.8, 4) is 0 Å². The lowest BCUT2D eigenvalue weighted by atomic mass is 9.85. The van der Waals surface area contributed by atoms with Gasteiger partial charge in [0.05, 0.1) is 11.8 Å². The minimum absolute atomic E-state index is 0.0244. The second-order valence-electron chi connectivity index (χ2n) is 7.44. The van der Waals surface area contributed by atoms with Crippen molar-refractivity contribution in [2.45, 2.75) is 19.3 Å². The molecule has 0 saturated carbocycles. The number of hydrogen-bond acceptors (Lipinski definition) is 4. The first-order chi connectivity index (χ1) is 13.1. The number of benzene rings is 1. The summed E-state index contributed by atoms with van der Waals surface area (Å²) < 4.78 is 0. The fourth-order valence-corrected chi connectivity index (χ4v) is 4.31. The van der Waals surface area contributed by atoms with Gasteiger partial charge in [0, 0.05) is 44.8 Å². The Balaban J connectivity index is 1.28. The summed E-state index contributed by atoms with van der Waals surface area (Å²) in [5.74, 6) is -0.609. The van der Waals surface area contributed by atoms with Crippen molar-refractivity contribution in [3.63, 3.8) is 0 Å². The zero-order valence-corrected chi connectivity index (χ0v) is 15.4. The molecule has 4 rings (SSSR count). The van der Waals surface area contributed by atoms with Gasteiger partial charge in [-0.25, -0.2) is 0 Å². The van der Waals surface area contributed by atoms with Crippen LogP contribution in [0.5, 0.6) is 0 Å². The van der Waals surface area contributed by atoms with Crippen LogP contribution < -0.4 is 4.90 Å². The number of rotatable bonds is 4. The monoisotopic (exact) mass is 367 g/mol. The highest BCUT2D eigenvalue weighted by Gasteiger charge is 2.47. The molecule has 3 amide bonds. The van der Waals surface area contributed by atoms with Gasteiger partial charge in [-0.1, -0.05) is 30.4 Å². The van der Waals surface area contributed by atoms with Crippen molar-refractivity contribution in [2.24, 2.45) is 11.8 Å². The van der Waals surface area contributed by atoms with Gasteiger partial charge >= 0.3 is 0 Å². The van der Waals surface area contributed by atoms with Crippen LogP contribution in [0.15, 0.2) is 42.5 Å². The van der Waals surface area contributed by atoms with Gasteiger partial charge in [0.1, 0.15) is 0 Å². The second-order valence-corrected chi connectivity index (χ2v) is 7.44. The summed E-state index contributed by atoms with van der Waals surface area (Å²) in [6.45, 7) is 3.15. The van der Waals surface area contributed by atoms with E-state index >= 15 is 0 Å². The molecule has 1 aromatic rings. The number of nitrogens with zero attached hydrogens (tertiary/aromatic N) is 3. The van der Waals surface area contributed by atoms with Gasteiger partial charge in [0.15, 0.2) is 0 Å². The van der Waals surface area contributed by atoms with E-state index in [0.717, 1.165) is 13.1 Å². The van der Waals surface area contributed by atoms with E-state index in [1.807, 2.05) is 35.3 Å². The Morgan fingerprint density at radius 2 is 1.48 bits per heavy atom. The third kappa shape index (κ3) is 3.48. The van der Waals surface area contributed by atoms with Crippen molar-refractivity contribution < 1.29 is 14.4 Å². The highest BCUT2D eigenvalue weighted by atomic mass is 16.2. The number of anilines is 1. The first-order valence-electron chi connectivity index (χ1n) is 9.73. The number of hydrogen-bond donors (Lipinski definition) is 0. The van der Waals surface area contributed by atoms with Crippen LogP contribution in [0.1, 0.15) is 19.3 Å². The smallest absolute Gasteiger partial charge is 0.233 e. The van der Waals surface area contributed by atoms with E-state index in [1.54, 1.807) is 0 Å². The summed E-state index contributed by atoms with van der Waals surface area (Å²) in [4.78, 5) is 43.0. The molecule has 6 nitrogen and oxygen atoms in total. The molecular weight excluding hydrogens is 342 g/mol. The molecule has 0 radical (unpaired) electrons. The van der Waals surface area contributed by atoms with Crippen LogP contribution in [-0.4, -0.2) is 60.2 Å². The van der Waals surface area contributed by atoms with Crippen LogP contribution in [0.3, 0.4) is 0 Å². The Kier molecular flexibility index (Phi) is 4.97. The Hall–Kier alpha value is -2.63. The molecule has 0 spiro atoms. The summed E-state index contributed by atoms with van der Waals surface area (Å²) in [6, 6.07) is 10.2. The number of carbonyl (C=O) groups excluding carboxylic acids is 3. The molecule has 0 unspecified atom stereocenters. The molecule has 2 saturated heterocycles. The van der Waals surface area contributed by atoms with Crippen molar-refractivity contribution in [1.82, 2.24) is 9.80 Å². The van der Waals surface area contributed by atoms with Gasteiger partial charge in [0.2, 0.25) is 17.7 Å². The van der Waals surface area contributed by atoms with Crippen molar-refractivity contribution in [1.29, 1.82) is 0 Å². The molecule has 2 heterocycles. The second kappa shape index (κ2) is 7.55. The number of amides is 3. The number of para-hydroxylation sites is 1. The molecule has 1 aliphatic carbocycles. The summed E-state index contributed by atoms with van der Waals surface area (Å²) in [5.41, 5.74) is 1.18. The maximum absolute atomic E-state index is 12.6. The van der Waals surface area contributed by atoms with E-state index < -0.39 is 0 Å². The molecular formula is C21H25N3O3. The zero-order chi connectivity index (χ0) is 18.8. The number of fused-ring (bicyclic) bond motifs is 1. The number of carbonyl (C=O) groups is 3. The maximum atomic E-state index is 12.6. The number of allylic oxidation sites excluding steroid dienone is 2. The molecule has 3 aliphatic rings.